The average Bonchev–Trinajstić information content (AvgIpc) is 3.26. The molecule has 3 atom stereocenters. The molecule has 0 spiro atoms. The number of hydrogen-bond donors (Lipinski definition) is 2. The molecular formula is C31H31BrN6O6. The molecule has 1 unspecified atom stereocenters. The molecule has 3 aliphatic rings. The van der Waals surface area contributed by atoms with Crippen LogP contribution in [0.2, 0.25) is 0 Å². The van der Waals surface area contributed by atoms with Gasteiger partial charge in [-0.15, -0.1) is 0 Å². The third-order valence-corrected chi connectivity index (χ3v) is 9.11. The number of halogens is 1. The molecule has 0 bridgehead atoms. The zero-order valence-corrected chi connectivity index (χ0v) is 25.8. The highest BCUT2D eigenvalue weighted by Crippen LogP contribution is 2.34. The zero-order valence-electron chi connectivity index (χ0n) is 24.2. The largest absolute Gasteiger partial charge is 0.488 e. The van der Waals surface area contributed by atoms with Crippen LogP contribution < -0.4 is 20.9 Å². The Morgan fingerprint density at radius 1 is 1.02 bits per heavy atom. The van der Waals surface area contributed by atoms with Gasteiger partial charge in [-0.2, -0.15) is 5.10 Å². The summed E-state index contributed by atoms with van der Waals surface area (Å²) in [6, 6.07) is 12.0. The van der Waals surface area contributed by atoms with Crippen molar-refractivity contribution in [2.24, 2.45) is 7.05 Å². The van der Waals surface area contributed by atoms with Crippen LogP contribution >= 0.6 is 15.9 Å². The number of nitrogens with one attached hydrogen (secondary N) is 2. The molecule has 2 fully saturated rings. The van der Waals surface area contributed by atoms with E-state index in [1.807, 2.05) is 12.1 Å². The summed E-state index contributed by atoms with van der Waals surface area (Å²) in [6.45, 7) is 1.89. The molecule has 2 saturated heterocycles. The molecular weight excluding hydrogens is 632 g/mol. The summed E-state index contributed by atoms with van der Waals surface area (Å²) in [5, 5.41) is 9.81. The fraction of sp³-hybridized carbons (Fsp3) is 0.355. The molecule has 13 heteroatoms. The molecule has 4 heterocycles. The van der Waals surface area contributed by atoms with Crippen molar-refractivity contribution in [2.75, 3.05) is 25.5 Å². The second-order valence-electron chi connectivity index (χ2n) is 11.5. The van der Waals surface area contributed by atoms with Gasteiger partial charge in [-0.25, -0.2) is 4.68 Å². The Labute approximate surface area is 261 Å². The van der Waals surface area contributed by atoms with Gasteiger partial charge >= 0.3 is 0 Å². The van der Waals surface area contributed by atoms with Crippen LogP contribution in [0.3, 0.4) is 0 Å². The number of rotatable bonds is 7. The number of carbonyl (C=O) groups excluding carboxylic acids is 4. The minimum atomic E-state index is -1.03. The number of nitrogens with zero attached hydrogens (tertiary/aromatic N) is 4. The maximum absolute atomic E-state index is 13.3. The van der Waals surface area contributed by atoms with Gasteiger partial charge in [0.05, 0.1) is 23.0 Å². The zero-order chi connectivity index (χ0) is 31.1. The number of carbonyl (C=O) groups is 4. The number of hydrogen-bond acceptors (Lipinski definition) is 9. The highest BCUT2D eigenvalue weighted by Gasteiger charge is 2.46. The van der Waals surface area contributed by atoms with Gasteiger partial charge in [0.1, 0.15) is 22.9 Å². The molecule has 0 radical (unpaired) electrons. The molecule has 12 nitrogen and oxygen atoms in total. The third-order valence-electron chi connectivity index (χ3n) is 8.35. The minimum Gasteiger partial charge on any atom is -0.488 e. The van der Waals surface area contributed by atoms with Gasteiger partial charge in [-0.3, -0.25) is 34.2 Å². The summed E-state index contributed by atoms with van der Waals surface area (Å²) in [7, 11) is 3.69. The molecule has 1 aromatic heterocycles. The predicted molar refractivity (Wildman–Crippen MR) is 163 cm³/mol. The Kier molecular flexibility index (Phi) is 8.08. The number of likely N-dealkylation sites (tertiary alicyclic amines) is 1. The lowest BCUT2D eigenvalue weighted by molar-refractivity contribution is -0.136. The second kappa shape index (κ2) is 12.0. The summed E-state index contributed by atoms with van der Waals surface area (Å²) in [5.41, 5.74) is 2.84. The standard InChI is InChI=1S/C31H31BrN6O6/c1-36-14-19(12-20(15-36)34-22-13-33-37(2)31(43)27(22)32)18-8-6-17(7-9-18)16-44-24-5-3-4-21-26(24)30(42)38(29(21)41)23-10-11-25(39)35-28(23)40/h3-9,13,19-20,23,34H,10-12,14-16H2,1-2H3,(H,35,39,40)/t19-,20+,23?/m0/s1. The van der Waals surface area contributed by atoms with Crippen LogP contribution in [0, 0.1) is 0 Å². The maximum atomic E-state index is 13.3. The SMILES string of the molecule is CN1C[C@H](Nc2cnn(C)c(=O)c2Br)C[C@H](c2ccc(COc3cccc4c3C(=O)N(C3CCC(=O)NC3=O)C4=O)cc2)C1. The van der Waals surface area contributed by atoms with E-state index in [2.05, 4.69) is 55.7 Å². The first-order valence-corrected chi connectivity index (χ1v) is 15.1. The van der Waals surface area contributed by atoms with Crippen LogP contribution in [0.15, 0.2) is 57.9 Å². The molecule has 2 aromatic carbocycles. The molecule has 228 valence electrons. The Bertz CT molecular complexity index is 1720. The third kappa shape index (κ3) is 5.64. The normalized spacial score (nSPS) is 22.2. The fourth-order valence-electron chi connectivity index (χ4n) is 6.15. The molecule has 6 rings (SSSR count). The van der Waals surface area contributed by atoms with Gasteiger partial charge < -0.3 is 15.0 Å². The summed E-state index contributed by atoms with van der Waals surface area (Å²) >= 11 is 3.39. The number of aryl methyl sites for hydroxylation is 1. The van der Waals surface area contributed by atoms with Crippen molar-refractivity contribution in [2.45, 2.75) is 43.9 Å². The first-order valence-electron chi connectivity index (χ1n) is 14.3. The average molecular weight is 664 g/mol. The van der Waals surface area contributed by atoms with E-state index < -0.39 is 29.7 Å². The number of ether oxygens (including phenoxy) is 1. The predicted octanol–water partition coefficient (Wildman–Crippen LogP) is 2.42. The van der Waals surface area contributed by atoms with E-state index in [0.717, 1.165) is 30.0 Å². The lowest BCUT2D eigenvalue weighted by Gasteiger charge is -2.37. The molecule has 4 amide bonds. The number of benzene rings is 2. The van der Waals surface area contributed by atoms with E-state index in [9.17, 15) is 24.0 Å². The van der Waals surface area contributed by atoms with Crippen molar-refractivity contribution in [3.05, 3.63) is 85.7 Å². The monoisotopic (exact) mass is 662 g/mol. The quantitative estimate of drug-likeness (QED) is 0.365. The summed E-state index contributed by atoms with van der Waals surface area (Å²) in [5.74, 6) is -1.72. The van der Waals surface area contributed by atoms with Gasteiger partial charge in [0.15, 0.2) is 0 Å². The van der Waals surface area contributed by atoms with Crippen molar-refractivity contribution >= 4 is 45.2 Å². The van der Waals surface area contributed by atoms with E-state index in [1.165, 1.54) is 10.2 Å². The van der Waals surface area contributed by atoms with Crippen molar-refractivity contribution < 1.29 is 23.9 Å². The van der Waals surface area contributed by atoms with Crippen LogP contribution in [0.5, 0.6) is 5.75 Å². The maximum Gasteiger partial charge on any atom is 0.282 e. The van der Waals surface area contributed by atoms with Crippen molar-refractivity contribution in [3.8, 4) is 5.75 Å². The molecule has 3 aliphatic heterocycles. The smallest absolute Gasteiger partial charge is 0.282 e. The first kappa shape index (κ1) is 29.7. The molecule has 0 saturated carbocycles. The number of amides is 4. The summed E-state index contributed by atoms with van der Waals surface area (Å²) in [6.07, 6.45) is 2.67. The van der Waals surface area contributed by atoms with Gasteiger partial charge in [-0.05, 0) is 65.0 Å². The Morgan fingerprint density at radius 2 is 1.80 bits per heavy atom. The number of fused-ring (bicyclic) bond motifs is 1. The molecule has 3 aromatic rings. The van der Waals surface area contributed by atoms with Crippen molar-refractivity contribution in [1.82, 2.24) is 24.9 Å². The van der Waals surface area contributed by atoms with Gasteiger partial charge in [-0.1, -0.05) is 30.3 Å². The highest BCUT2D eigenvalue weighted by atomic mass is 79.9. The van der Waals surface area contributed by atoms with Crippen LogP contribution in [0.4, 0.5) is 5.69 Å². The summed E-state index contributed by atoms with van der Waals surface area (Å²) in [4.78, 5) is 65.9. The number of anilines is 1. The first-order chi connectivity index (χ1) is 21.1. The van der Waals surface area contributed by atoms with E-state index in [-0.39, 0.29) is 53.8 Å². The van der Waals surface area contributed by atoms with E-state index >= 15 is 0 Å². The van der Waals surface area contributed by atoms with Crippen LogP contribution in [0.25, 0.3) is 0 Å². The number of piperidine rings is 2. The lowest BCUT2D eigenvalue weighted by Crippen LogP contribution is -2.54. The van der Waals surface area contributed by atoms with Crippen molar-refractivity contribution in [1.29, 1.82) is 0 Å². The lowest BCUT2D eigenvalue weighted by atomic mass is 9.88. The number of imide groups is 2. The van der Waals surface area contributed by atoms with Crippen LogP contribution in [0.1, 0.15) is 57.0 Å². The summed E-state index contributed by atoms with van der Waals surface area (Å²) < 4.78 is 7.79. The minimum absolute atomic E-state index is 0.0565. The van der Waals surface area contributed by atoms with Gasteiger partial charge in [0, 0.05) is 32.6 Å². The Morgan fingerprint density at radius 3 is 2.55 bits per heavy atom. The fourth-order valence-corrected chi connectivity index (χ4v) is 6.62. The van der Waals surface area contributed by atoms with Crippen LogP contribution in [-0.2, 0) is 23.2 Å². The van der Waals surface area contributed by atoms with E-state index in [1.54, 1.807) is 31.4 Å². The van der Waals surface area contributed by atoms with Crippen molar-refractivity contribution in [3.63, 3.8) is 0 Å². The molecule has 2 N–H and O–H groups in total. The Hall–Kier alpha value is -4.36. The number of likely N-dealkylation sites (N-methyl/N-ethyl adjacent to an activating group) is 1. The Balaban J connectivity index is 1.12. The number of aromatic nitrogens is 2. The topological polar surface area (TPSA) is 143 Å². The molecule has 0 aliphatic carbocycles. The van der Waals surface area contributed by atoms with Crippen LogP contribution in [-0.4, -0.2) is 75.4 Å². The molecule has 44 heavy (non-hydrogen) atoms. The van der Waals surface area contributed by atoms with Gasteiger partial charge in [0.2, 0.25) is 11.8 Å². The highest BCUT2D eigenvalue weighted by molar-refractivity contribution is 9.10. The van der Waals surface area contributed by atoms with E-state index in [0.29, 0.717) is 10.2 Å². The van der Waals surface area contributed by atoms with Gasteiger partial charge in [0.25, 0.3) is 17.4 Å². The second-order valence-corrected chi connectivity index (χ2v) is 12.2. The van der Waals surface area contributed by atoms with E-state index in [4.69, 9.17) is 4.74 Å².